The predicted molar refractivity (Wildman–Crippen MR) is 92.1 cm³/mol. The van der Waals surface area contributed by atoms with E-state index in [1.54, 1.807) is 12.1 Å². The number of β-lactam (4-membered cyclic amide) rings is 1. The largest absolute Gasteiger partial charge is 0.499 e. The average Bonchev–Trinajstić information content (AvgIpc) is 2.90. The molecule has 3 amide bonds. The molecule has 2 unspecified atom stereocenters. The number of allylic oxidation sites excluding steroid dienone is 1. The maximum absolute atomic E-state index is 12.7. The van der Waals surface area contributed by atoms with E-state index in [1.807, 2.05) is 0 Å². The molecule has 9 heteroatoms. The van der Waals surface area contributed by atoms with E-state index in [1.165, 1.54) is 33.3 Å². The maximum Gasteiger partial charge on any atom is 0.358 e. The molecule has 2 atom stereocenters. The highest BCUT2D eigenvalue weighted by Crippen LogP contribution is 2.37. The van der Waals surface area contributed by atoms with Gasteiger partial charge < -0.3 is 9.47 Å². The molecule has 136 valence electrons. The lowest BCUT2D eigenvalue weighted by atomic mass is 10.0. The van der Waals surface area contributed by atoms with Gasteiger partial charge in [-0.2, -0.15) is 12.6 Å². The number of nitrogens with zero attached hydrogens (tertiary/aromatic N) is 2. The van der Waals surface area contributed by atoms with Crippen LogP contribution >= 0.6 is 12.6 Å². The molecule has 0 spiro atoms. The monoisotopic (exact) mass is 376 g/mol. The van der Waals surface area contributed by atoms with Crippen molar-refractivity contribution in [1.82, 2.24) is 9.80 Å². The molecule has 0 N–H and O–H groups in total. The zero-order valence-electron chi connectivity index (χ0n) is 14.3. The zero-order valence-corrected chi connectivity index (χ0v) is 15.1. The number of amides is 3. The van der Waals surface area contributed by atoms with Crippen molar-refractivity contribution in [2.45, 2.75) is 18.3 Å². The van der Waals surface area contributed by atoms with E-state index in [4.69, 9.17) is 9.47 Å². The third-order valence-electron chi connectivity index (χ3n) is 4.40. The van der Waals surface area contributed by atoms with Crippen molar-refractivity contribution in [3.8, 4) is 0 Å². The standard InChI is InChI=1S/C17H16N2O6S/c1-8(24-2)11(17(23)25-3)19-15(22)12(16(19)26)18-13(20)9-6-4-5-7-10(9)14(18)21/h4-7,12,16,26H,1-3H3/b11-8-. The first kappa shape index (κ1) is 18.0. The Labute approximate surface area is 154 Å². The van der Waals surface area contributed by atoms with Crippen LogP contribution in [-0.2, 0) is 19.1 Å². The molecule has 0 bridgehead atoms. The number of benzene rings is 1. The molecule has 3 rings (SSSR count). The van der Waals surface area contributed by atoms with Crippen LogP contribution in [0.25, 0.3) is 0 Å². The Morgan fingerprint density at radius 3 is 2.00 bits per heavy atom. The number of hydrogen-bond acceptors (Lipinski definition) is 7. The molecule has 26 heavy (non-hydrogen) atoms. The fraction of sp³-hybridized carbons (Fsp3) is 0.294. The van der Waals surface area contributed by atoms with Crippen LogP contribution in [-0.4, -0.2) is 59.1 Å². The molecule has 0 aliphatic carbocycles. The van der Waals surface area contributed by atoms with Gasteiger partial charge in [0.1, 0.15) is 17.2 Å². The molecule has 1 fully saturated rings. The van der Waals surface area contributed by atoms with Gasteiger partial charge in [0.2, 0.25) is 0 Å². The van der Waals surface area contributed by atoms with Crippen molar-refractivity contribution in [3.63, 3.8) is 0 Å². The van der Waals surface area contributed by atoms with Crippen molar-refractivity contribution in [1.29, 1.82) is 0 Å². The summed E-state index contributed by atoms with van der Waals surface area (Å²) in [5.74, 6) is -2.36. The Morgan fingerprint density at radius 1 is 1.04 bits per heavy atom. The molecule has 2 aliphatic rings. The van der Waals surface area contributed by atoms with E-state index < -0.39 is 35.1 Å². The Balaban J connectivity index is 1.93. The SMILES string of the molecule is COC(=O)/C(=C(\C)OC)N1C(=O)C(N2C(=O)c3ccccc3C2=O)C1S. The molecule has 1 saturated heterocycles. The smallest absolute Gasteiger partial charge is 0.358 e. The van der Waals surface area contributed by atoms with E-state index in [0.717, 1.165) is 9.80 Å². The summed E-state index contributed by atoms with van der Waals surface area (Å²) < 4.78 is 9.74. The van der Waals surface area contributed by atoms with E-state index in [2.05, 4.69) is 12.6 Å². The number of imide groups is 1. The van der Waals surface area contributed by atoms with Crippen LogP contribution in [0.3, 0.4) is 0 Å². The van der Waals surface area contributed by atoms with Crippen LogP contribution in [0, 0.1) is 0 Å². The second-order valence-electron chi connectivity index (χ2n) is 5.69. The second-order valence-corrected chi connectivity index (χ2v) is 6.22. The summed E-state index contributed by atoms with van der Waals surface area (Å²) in [4.78, 5) is 51.8. The number of likely N-dealkylation sites (tertiary alicyclic amines) is 1. The summed E-state index contributed by atoms with van der Waals surface area (Å²) in [7, 11) is 2.52. The van der Waals surface area contributed by atoms with Gasteiger partial charge in [0, 0.05) is 0 Å². The van der Waals surface area contributed by atoms with Crippen LogP contribution in [0.1, 0.15) is 27.6 Å². The Kier molecular flexibility index (Phi) is 4.49. The normalized spacial score (nSPS) is 22.7. The minimum Gasteiger partial charge on any atom is -0.499 e. The summed E-state index contributed by atoms with van der Waals surface area (Å²) in [6.07, 6.45) is 0. The molecule has 2 aliphatic heterocycles. The van der Waals surface area contributed by atoms with Gasteiger partial charge in [-0.15, -0.1) is 0 Å². The number of esters is 1. The highest BCUT2D eigenvalue weighted by molar-refractivity contribution is 7.81. The second kappa shape index (κ2) is 6.49. The fourth-order valence-corrected chi connectivity index (χ4v) is 3.50. The van der Waals surface area contributed by atoms with Crippen LogP contribution < -0.4 is 0 Å². The van der Waals surface area contributed by atoms with Gasteiger partial charge in [0.15, 0.2) is 5.70 Å². The van der Waals surface area contributed by atoms with Crippen molar-refractivity contribution in [2.75, 3.05) is 14.2 Å². The summed E-state index contributed by atoms with van der Waals surface area (Å²) in [5, 5.41) is -0.899. The van der Waals surface area contributed by atoms with Crippen LogP contribution in [0.15, 0.2) is 35.7 Å². The highest BCUT2D eigenvalue weighted by Gasteiger charge is 2.57. The highest BCUT2D eigenvalue weighted by atomic mass is 32.1. The minimum atomic E-state index is -1.12. The minimum absolute atomic E-state index is 0.118. The van der Waals surface area contributed by atoms with Gasteiger partial charge in [0.25, 0.3) is 17.7 Å². The molecule has 2 heterocycles. The summed E-state index contributed by atoms with van der Waals surface area (Å²) >= 11 is 4.34. The summed E-state index contributed by atoms with van der Waals surface area (Å²) in [5.41, 5.74) is 0.357. The Morgan fingerprint density at radius 2 is 1.58 bits per heavy atom. The number of methoxy groups -OCH3 is 2. The van der Waals surface area contributed by atoms with Gasteiger partial charge in [-0.05, 0) is 19.1 Å². The van der Waals surface area contributed by atoms with Crippen molar-refractivity contribution in [3.05, 3.63) is 46.8 Å². The number of ether oxygens (including phenoxy) is 2. The van der Waals surface area contributed by atoms with Gasteiger partial charge in [-0.3, -0.25) is 24.2 Å². The summed E-state index contributed by atoms with van der Waals surface area (Å²) in [6.45, 7) is 1.50. The lowest BCUT2D eigenvalue weighted by molar-refractivity contribution is -0.153. The topological polar surface area (TPSA) is 93.2 Å². The Bertz CT molecular complexity index is 830. The van der Waals surface area contributed by atoms with Crippen LogP contribution in [0.2, 0.25) is 0 Å². The third kappa shape index (κ3) is 2.38. The van der Waals surface area contributed by atoms with Gasteiger partial charge in [-0.25, -0.2) is 4.79 Å². The first-order valence-corrected chi connectivity index (χ1v) is 8.18. The fourth-order valence-electron chi connectivity index (χ4n) is 3.01. The number of fused-ring (bicyclic) bond motifs is 1. The lowest BCUT2D eigenvalue weighted by Crippen LogP contribution is -2.69. The lowest BCUT2D eigenvalue weighted by Gasteiger charge is -2.47. The number of thiol groups is 1. The molecule has 1 aromatic rings. The first-order valence-electron chi connectivity index (χ1n) is 7.66. The van der Waals surface area contributed by atoms with E-state index in [9.17, 15) is 19.2 Å². The number of carbonyl (C=O) groups excluding carboxylic acids is 4. The molecular weight excluding hydrogens is 360 g/mol. The molecule has 0 radical (unpaired) electrons. The maximum atomic E-state index is 12.7. The Hall–Kier alpha value is -2.81. The molecule has 8 nitrogen and oxygen atoms in total. The molecule has 1 aromatic carbocycles. The molecule has 0 saturated carbocycles. The van der Waals surface area contributed by atoms with E-state index in [-0.39, 0.29) is 22.6 Å². The van der Waals surface area contributed by atoms with Crippen molar-refractivity contribution >= 4 is 36.3 Å². The van der Waals surface area contributed by atoms with Crippen LogP contribution in [0.4, 0.5) is 0 Å². The average molecular weight is 376 g/mol. The van der Waals surface area contributed by atoms with Crippen molar-refractivity contribution < 1.29 is 28.7 Å². The first-order chi connectivity index (χ1) is 12.3. The number of carbonyl (C=O) groups is 4. The van der Waals surface area contributed by atoms with E-state index >= 15 is 0 Å². The third-order valence-corrected chi connectivity index (χ3v) is 4.91. The number of hydrogen-bond donors (Lipinski definition) is 1. The molecule has 0 aromatic heterocycles. The van der Waals surface area contributed by atoms with Crippen LogP contribution in [0.5, 0.6) is 0 Å². The number of rotatable bonds is 4. The zero-order chi connectivity index (χ0) is 19.2. The van der Waals surface area contributed by atoms with Crippen molar-refractivity contribution in [2.24, 2.45) is 0 Å². The van der Waals surface area contributed by atoms with Gasteiger partial charge >= 0.3 is 5.97 Å². The molecular formula is C17H16N2O6S. The van der Waals surface area contributed by atoms with E-state index in [0.29, 0.717) is 0 Å². The predicted octanol–water partition coefficient (Wildman–Crippen LogP) is 0.800. The summed E-state index contributed by atoms with van der Waals surface area (Å²) in [6, 6.07) is 5.22. The quantitative estimate of drug-likeness (QED) is 0.209. The van der Waals surface area contributed by atoms with Gasteiger partial charge in [-0.1, -0.05) is 12.1 Å². The van der Waals surface area contributed by atoms with Gasteiger partial charge in [0.05, 0.1) is 25.3 Å².